The van der Waals surface area contributed by atoms with Gasteiger partial charge in [-0.2, -0.15) is 4.98 Å². The zero-order chi connectivity index (χ0) is 22.4. The lowest BCUT2D eigenvalue weighted by atomic mass is 10.1. The molecule has 3 fully saturated rings. The molecule has 33 heavy (non-hydrogen) atoms. The van der Waals surface area contributed by atoms with Crippen LogP contribution in [-0.4, -0.2) is 75.1 Å². The molecule has 2 saturated heterocycles. The molecule has 9 nitrogen and oxygen atoms in total. The molecule has 1 aliphatic carbocycles. The molecule has 0 radical (unpaired) electrons. The third-order valence-electron chi connectivity index (χ3n) is 6.74. The van der Waals surface area contributed by atoms with E-state index in [1.54, 1.807) is 11.0 Å². The average molecular weight is 449 g/mol. The number of aromatic nitrogens is 5. The van der Waals surface area contributed by atoms with E-state index in [-0.39, 0.29) is 1.43 Å². The zero-order valence-electron chi connectivity index (χ0n) is 19.2. The number of aryl methyl sites for hydroxylation is 2. The van der Waals surface area contributed by atoms with E-state index < -0.39 is 0 Å². The van der Waals surface area contributed by atoms with Crippen LogP contribution in [0.25, 0.3) is 5.82 Å². The van der Waals surface area contributed by atoms with Crippen molar-refractivity contribution in [1.29, 1.82) is 0 Å². The number of benzene rings is 1. The summed E-state index contributed by atoms with van der Waals surface area (Å²) in [6, 6.07) is 9.39. The van der Waals surface area contributed by atoms with Gasteiger partial charge in [0.15, 0.2) is 5.82 Å². The van der Waals surface area contributed by atoms with Crippen LogP contribution in [0.3, 0.4) is 0 Å². The molecule has 9 heteroatoms. The van der Waals surface area contributed by atoms with Crippen LogP contribution in [0.15, 0.2) is 30.6 Å². The van der Waals surface area contributed by atoms with E-state index in [2.05, 4.69) is 53.4 Å². The Hall–Kier alpha value is -3.04. The summed E-state index contributed by atoms with van der Waals surface area (Å²) in [4.78, 5) is 18.4. The molecular formula is C24H32N8O. The fourth-order valence-electron chi connectivity index (χ4n) is 4.70. The van der Waals surface area contributed by atoms with Crippen molar-refractivity contribution in [3.63, 3.8) is 0 Å². The molecule has 4 heterocycles. The monoisotopic (exact) mass is 448 g/mol. The van der Waals surface area contributed by atoms with Gasteiger partial charge in [0.25, 0.3) is 0 Å². The lowest BCUT2D eigenvalue weighted by Gasteiger charge is -2.43. The number of hydrogen-bond donors (Lipinski definition) is 1. The number of rotatable bonds is 6. The van der Waals surface area contributed by atoms with Gasteiger partial charge in [-0.05, 0) is 56.4 Å². The molecule has 1 N–H and O–H groups in total. The SMILES string of the molecule is Cc1cc(-n2cnc(Nc3cc(C4CC4)cc(N4CCN(C5COC5)CC4)c3)n2)nc(C)n1.[HH]. The van der Waals surface area contributed by atoms with Crippen LogP contribution in [0.5, 0.6) is 0 Å². The summed E-state index contributed by atoms with van der Waals surface area (Å²) >= 11 is 0. The van der Waals surface area contributed by atoms with E-state index in [4.69, 9.17) is 4.74 Å². The van der Waals surface area contributed by atoms with Crippen molar-refractivity contribution in [2.45, 2.75) is 38.6 Å². The van der Waals surface area contributed by atoms with Crippen LogP contribution in [0, 0.1) is 13.8 Å². The largest absolute Gasteiger partial charge is 0.378 e. The number of hydrogen-bond acceptors (Lipinski definition) is 8. The van der Waals surface area contributed by atoms with Gasteiger partial charge in [0.05, 0.1) is 19.3 Å². The Morgan fingerprint density at radius 2 is 1.82 bits per heavy atom. The molecule has 2 aromatic heterocycles. The Morgan fingerprint density at radius 1 is 1.00 bits per heavy atom. The lowest BCUT2D eigenvalue weighted by Crippen LogP contribution is -2.56. The lowest BCUT2D eigenvalue weighted by molar-refractivity contribution is -0.0660. The normalized spacial score (nSPS) is 19.5. The first-order chi connectivity index (χ1) is 16.1. The summed E-state index contributed by atoms with van der Waals surface area (Å²) in [5.41, 5.74) is 4.64. The smallest absolute Gasteiger partial charge is 0.247 e. The highest BCUT2D eigenvalue weighted by Gasteiger charge is 2.30. The van der Waals surface area contributed by atoms with E-state index in [1.165, 1.54) is 24.1 Å². The predicted molar refractivity (Wildman–Crippen MR) is 129 cm³/mol. The number of anilines is 3. The molecule has 0 spiro atoms. The van der Waals surface area contributed by atoms with Crippen LogP contribution >= 0.6 is 0 Å². The third-order valence-corrected chi connectivity index (χ3v) is 6.74. The molecule has 0 amide bonds. The van der Waals surface area contributed by atoms with E-state index >= 15 is 0 Å². The number of piperazine rings is 1. The van der Waals surface area contributed by atoms with Crippen LogP contribution in [0.1, 0.15) is 37.3 Å². The van der Waals surface area contributed by atoms with Crippen molar-refractivity contribution in [2.75, 3.05) is 49.6 Å². The van der Waals surface area contributed by atoms with Gasteiger partial charge in [-0.1, -0.05) is 0 Å². The van der Waals surface area contributed by atoms with Crippen LogP contribution in [0.4, 0.5) is 17.3 Å². The van der Waals surface area contributed by atoms with Gasteiger partial charge in [0, 0.05) is 50.7 Å². The molecule has 3 aliphatic rings. The number of nitrogens with zero attached hydrogens (tertiary/aromatic N) is 7. The standard InChI is InChI=1S/C24H30N8O.H2/c1-16-9-23(27-17(2)26-16)32-15-25-24(29-32)28-20-10-19(18-3-4-18)11-21(12-20)30-5-7-31(8-6-30)22-13-33-14-22;/h9-12,15,18,22H,3-8,13-14H2,1-2H3,(H,28,29);1H. The molecular weight excluding hydrogens is 416 g/mol. The van der Waals surface area contributed by atoms with Gasteiger partial charge >= 0.3 is 0 Å². The Balaban J connectivity index is 0.00000241. The summed E-state index contributed by atoms with van der Waals surface area (Å²) < 4.78 is 7.07. The van der Waals surface area contributed by atoms with Crippen molar-refractivity contribution < 1.29 is 6.16 Å². The van der Waals surface area contributed by atoms with Gasteiger partial charge in [-0.3, -0.25) is 4.90 Å². The molecule has 3 aromatic rings. The van der Waals surface area contributed by atoms with E-state index in [9.17, 15) is 0 Å². The summed E-state index contributed by atoms with van der Waals surface area (Å²) in [5.74, 6) is 2.69. The maximum atomic E-state index is 5.38. The molecule has 0 bridgehead atoms. The molecule has 0 atom stereocenters. The Morgan fingerprint density at radius 3 is 2.52 bits per heavy atom. The summed E-state index contributed by atoms with van der Waals surface area (Å²) in [6.07, 6.45) is 4.24. The van der Waals surface area contributed by atoms with Gasteiger partial charge in [-0.15, -0.1) is 5.10 Å². The molecule has 1 aromatic carbocycles. The highest BCUT2D eigenvalue weighted by Crippen LogP contribution is 2.42. The molecule has 6 rings (SSSR count). The zero-order valence-corrected chi connectivity index (χ0v) is 19.2. The van der Waals surface area contributed by atoms with Crippen molar-refractivity contribution in [3.05, 3.63) is 47.7 Å². The van der Waals surface area contributed by atoms with Crippen molar-refractivity contribution >= 4 is 17.3 Å². The van der Waals surface area contributed by atoms with E-state index in [0.717, 1.165) is 62.4 Å². The fraction of sp³-hybridized carbons (Fsp3) is 0.500. The highest BCUT2D eigenvalue weighted by molar-refractivity contribution is 5.65. The minimum atomic E-state index is 0. The van der Waals surface area contributed by atoms with Gasteiger partial charge in [0.1, 0.15) is 12.2 Å². The fourth-order valence-corrected chi connectivity index (χ4v) is 4.70. The summed E-state index contributed by atoms with van der Waals surface area (Å²) in [5, 5.41) is 8.04. The van der Waals surface area contributed by atoms with Gasteiger partial charge in [-0.25, -0.2) is 14.6 Å². The average Bonchev–Trinajstić information content (AvgIpc) is 3.51. The molecule has 0 unspecified atom stereocenters. The van der Waals surface area contributed by atoms with Crippen LogP contribution in [-0.2, 0) is 4.74 Å². The molecule has 1 saturated carbocycles. The van der Waals surface area contributed by atoms with Crippen molar-refractivity contribution in [1.82, 2.24) is 29.6 Å². The summed E-state index contributed by atoms with van der Waals surface area (Å²) in [7, 11) is 0. The molecule has 174 valence electrons. The summed E-state index contributed by atoms with van der Waals surface area (Å²) in [6.45, 7) is 9.89. The topological polar surface area (TPSA) is 84.2 Å². The van der Waals surface area contributed by atoms with Crippen LogP contribution in [0.2, 0.25) is 0 Å². The number of ether oxygens (including phenoxy) is 1. The first kappa shape index (κ1) is 20.6. The van der Waals surface area contributed by atoms with Gasteiger partial charge < -0.3 is 15.0 Å². The Kier molecular flexibility index (Phi) is 5.22. The quantitative estimate of drug-likeness (QED) is 0.616. The first-order valence-corrected chi connectivity index (χ1v) is 11.8. The van der Waals surface area contributed by atoms with E-state index in [1.807, 2.05) is 19.9 Å². The maximum Gasteiger partial charge on any atom is 0.247 e. The number of nitrogens with one attached hydrogen (secondary N) is 1. The first-order valence-electron chi connectivity index (χ1n) is 11.8. The van der Waals surface area contributed by atoms with Crippen LogP contribution < -0.4 is 10.2 Å². The minimum Gasteiger partial charge on any atom is -0.378 e. The van der Waals surface area contributed by atoms with Gasteiger partial charge in [0.2, 0.25) is 5.95 Å². The molecule has 2 aliphatic heterocycles. The van der Waals surface area contributed by atoms with Crippen molar-refractivity contribution in [3.8, 4) is 5.82 Å². The van der Waals surface area contributed by atoms with Crippen molar-refractivity contribution in [2.24, 2.45) is 0 Å². The van der Waals surface area contributed by atoms with E-state index in [0.29, 0.717) is 17.9 Å². The Bertz CT molecular complexity index is 1130. The Labute approximate surface area is 195 Å². The highest BCUT2D eigenvalue weighted by atomic mass is 16.5. The maximum absolute atomic E-state index is 5.38. The minimum absolute atomic E-state index is 0. The third kappa shape index (κ3) is 4.43. The second-order valence-corrected chi connectivity index (χ2v) is 9.35. The second-order valence-electron chi connectivity index (χ2n) is 9.35. The second kappa shape index (κ2) is 8.39. The predicted octanol–water partition coefficient (Wildman–Crippen LogP) is 3.06.